The fourth-order valence-electron chi connectivity index (χ4n) is 7.03. The number of anilines is 4. The van der Waals surface area contributed by atoms with Gasteiger partial charge in [0.15, 0.2) is 0 Å². The highest BCUT2D eigenvalue weighted by molar-refractivity contribution is 6.08. The molecule has 0 radical (unpaired) electrons. The molecule has 0 fully saturated rings. The van der Waals surface area contributed by atoms with Crippen LogP contribution in [0.25, 0.3) is 0 Å². The number of alkyl halides is 6. The third-order valence-corrected chi connectivity index (χ3v) is 11.0. The van der Waals surface area contributed by atoms with Crippen LogP contribution in [0.3, 0.4) is 0 Å². The molecule has 0 saturated carbocycles. The Balaban J connectivity index is 0.00000111. The van der Waals surface area contributed by atoms with Crippen molar-refractivity contribution in [3.63, 3.8) is 0 Å². The number of carboxylic acids is 2. The molecule has 0 aliphatic rings. The monoisotopic (exact) mass is 1160 g/mol. The molecule has 0 unspecified atom stereocenters. The number of hydrogen-bond acceptors (Lipinski definition) is 12. The Morgan fingerprint density at radius 3 is 1.00 bits per heavy atom. The van der Waals surface area contributed by atoms with Crippen LogP contribution >= 0.6 is 0 Å². The molecule has 0 bridgehead atoms. The largest absolute Gasteiger partial charge is 0.542 e. The number of halogens is 6. The van der Waals surface area contributed by atoms with Crippen molar-refractivity contribution in [2.75, 3.05) is 88.7 Å². The summed E-state index contributed by atoms with van der Waals surface area (Å²) >= 11 is 0. The van der Waals surface area contributed by atoms with Gasteiger partial charge >= 0.3 is 12.4 Å². The number of carboxylic acid groups (broad SMARTS) is 2. The standard InChI is InChI=1S/C46H60N14O8.2C2HF3O2/c1-55(2)16-10-14-47-43(65)35-21-33(27-57(35)5)53-45(67)37-19-31(25-59(37)7)51-39(61)23-49-41(63)29-12-9-13-30(18-29)42(64)50-24-40(62)52-32-20-38(60(8)26-32)46(68)54-34-22-36(58(6)28-34)44(66)48-15-11-17-56(3)4;2*3-2(4,5)1(6)7/h9,12-13,18-22,25-28H,10-11,14-17,23-24H2,1-8H3,(H,47,65)(H,48,66)(H,49,63)(H,50,64)(H,51,61)(H,52,62)(H,53,67)(H,54,68);2*(H,6,7). The molecule has 32 heteroatoms. The van der Waals surface area contributed by atoms with E-state index in [4.69, 9.17) is 19.8 Å². The first-order chi connectivity index (χ1) is 38.2. The Labute approximate surface area is 464 Å². The molecule has 8 amide bonds. The van der Waals surface area contributed by atoms with Gasteiger partial charge in [-0.05, 0) is 42.5 Å². The Morgan fingerprint density at radius 2 is 0.720 bits per heavy atom. The SMILES string of the molecule is Cn1cc(NC(=O)c2cc(NC(=O)CNC(=O)c3cccc(C(=O)NCC(=O)Nc4cc(C(=O)Nc5cc(C(=O)NCCC[NH+](C)C)n(C)c5)n(C)c4)c3)cn2C)cc1C(=O)NCCC[NH+](C)C.O=C([O-])C(F)(F)F.O=C([O-])C(F)(F)F. The van der Waals surface area contributed by atoms with E-state index in [2.05, 4.69) is 42.5 Å². The molecule has 0 aliphatic heterocycles. The van der Waals surface area contributed by atoms with E-state index < -0.39 is 72.8 Å². The quantitative estimate of drug-likeness (QED) is 0.0252. The predicted octanol–water partition coefficient (Wildman–Crippen LogP) is -2.59. The van der Waals surface area contributed by atoms with Gasteiger partial charge in [-0.15, -0.1) is 0 Å². The summed E-state index contributed by atoms with van der Waals surface area (Å²) in [5.41, 5.74) is 2.82. The van der Waals surface area contributed by atoms with Gasteiger partial charge in [-0.25, -0.2) is 0 Å². The molecule has 5 rings (SSSR count). The minimum Gasteiger partial charge on any atom is -0.542 e. The van der Waals surface area contributed by atoms with Crippen LogP contribution in [0.15, 0.2) is 73.3 Å². The third kappa shape index (κ3) is 22.0. The average Bonchev–Trinajstić information content (AvgIpc) is 4.22. The number of aliphatic carboxylic acids is 2. The van der Waals surface area contributed by atoms with Crippen molar-refractivity contribution in [1.82, 2.24) is 39.5 Å². The summed E-state index contributed by atoms with van der Waals surface area (Å²) < 4.78 is 69.4. The smallest absolute Gasteiger partial charge is 0.430 e. The van der Waals surface area contributed by atoms with Crippen molar-refractivity contribution in [2.24, 2.45) is 28.2 Å². The summed E-state index contributed by atoms with van der Waals surface area (Å²) in [5.74, 6) is -9.90. The lowest BCUT2D eigenvalue weighted by atomic mass is 10.1. The summed E-state index contributed by atoms with van der Waals surface area (Å²) in [5, 5.41) is 39.2. The Morgan fingerprint density at radius 1 is 0.439 bits per heavy atom. The molecule has 0 aliphatic carbocycles. The summed E-state index contributed by atoms with van der Waals surface area (Å²) in [6.45, 7) is 2.03. The molecule has 10 N–H and O–H groups in total. The van der Waals surface area contributed by atoms with Crippen molar-refractivity contribution in [1.29, 1.82) is 0 Å². The van der Waals surface area contributed by atoms with Gasteiger partial charge < -0.3 is 90.4 Å². The number of nitrogens with zero attached hydrogens (tertiary/aromatic N) is 4. The fourth-order valence-corrected chi connectivity index (χ4v) is 7.03. The number of nitrogens with one attached hydrogen (secondary N) is 10. The van der Waals surface area contributed by atoms with E-state index in [-0.39, 0.29) is 34.3 Å². The Hall–Kier alpha value is -9.46. The van der Waals surface area contributed by atoms with E-state index in [9.17, 15) is 64.7 Å². The molecule has 4 heterocycles. The maximum absolute atomic E-state index is 13.1. The van der Waals surface area contributed by atoms with Gasteiger partial charge in [0.05, 0.1) is 77.1 Å². The predicted molar refractivity (Wildman–Crippen MR) is 277 cm³/mol. The van der Waals surface area contributed by atoms with Gasteiger partial charge in [0.1, 0.15) is 34.7 Å². The normalized spacial score (nSPS) is 11.0. The topological polar surface area (TPSA) is 342 Å². The fraction of sp³-hybridized carbons (Fsp3) is 0.360. The second-order valence-electron chi connectivity index (χ2n) is 18.6. The van der Waals surface area contributed by atoms with Gasteiger partial charge in [-0.1, -0.05) is 6.07 Å². The number of carbonyl (C=O) groups excluding carboxylic acids is 10. The lowest BCUT2D eigenvalue weighted by Crippen LogP contribution is -3.05. The highest BCUT2D eigenvalue weighted by Crippen LogP contribution is 2.20. The molecule has 5 aromatic rings. The van der Waals surface area contributed by atoms with E-state index in [0.717, 1.165) is 25.9 Å². The second kappa shape index (κ2) is 30.2. The molecular formula is C50H62F6N14O12. The van der Waals surface area contributed by atoms with Crippen LogP contribution in [0, 0.1) is 0 Å². The van der Waals surface area contributed by atoms with Gasteiger partial charge in [-0.3, -0.25) is 38.4 Å². The summed E-state index contributed by atoms with van der Waals surface area (Å²) in [7, 11) is 14.8. The van der Waals surface area contributed by atoms with Crippen LogP contribution in [0.1, 0.15) is 75.5 Å². The number of carbonyl (C=O) groups is 10. The van der Waals surface area contributed by atoms with Crippen molar-refractivity contribution >= 4 is 81.9 Å². The van der Waals surface area contributed by atoms with Gasteiger partial charge in [-0.2, -0.15) is 26.3 Å². The Bertz CT molecular complexity index is 2920. The molecule has 446 valence electrons. The van der Waals surface area contributed by atoms with E-state index >= 15 is 0 Å². The average molecular weight is 1170 g/mol. The second-order valence-corrected chi connectivity index (χ2v) is 18.6. The number of rotatable bonds is 22. The first kappa shape index (κ1) is 66.8. The minimum absolute atomic E-state index is 0.0850. The first-order valence-corrected chi connectivity index (χ1v) is 24.4. The number of amides is 8. The number of aryl methyl sites for hydroxylation is 4. The zero-order chi connectivity index (χ0) is 61.8. The van der Waals surface area contributed by atoms with E-state index in [1.165, 1.54) is 67.7 Å². The van der Waals surface area contributed by atoms with Crippen LogP contribution < -0.4 is 62.5 Å². The summed E-state index contributed by atoms with van der Waals surface area (Å²) in [6, 6.07) is 11.8. The zero-order valence-electron chi connectivity index (χ0n) is 45.5. The summed E-state index contributed by atoms with van der Waals surface area (Å²) in [6.07, 6.45) is -2.41. The van der Waals surface area contributed by atoms with Crippen molar-refractivity contribution in [3.05, 3.63) is 107 Å². The molecule has 0 saturated heterocycles. The van der Waals surface area contributed by atoms with Crippen molar-refractivity contribution in [2.45, 2.75) is 25.2 Å². The van der Waals surface area contributed by atoms with Crippen LogP contribution in [0.5, 0.6) is 0 Å². The van der Waals surface area contributed by atoms with Crippen molar-refractivity contribution in [3.8, 4) is 0 Å². The van der Waals surface area contributed by atoms with Crippen LogP contribution in [0.4, 0.5) is 49.1 Å². The Kier molecular flexibility index (Phi) is 24.6. The molecule has 1 aromatic carbocycles. The maximum Gasteiger partial charge on any atom is 0.430 e. The summed E-state index contributed by atoms with van der Waals surface area (Å²) in [4.78, 5) is 123. The highest BCUT2D eigenvalue weighted by Gasteiger charge is 2.30. The maximum atomic E-state index is 13.1. The zero-order valence-corrected chi connectivity index (χ0v) is 45.5. The minimum atomic E-state index is -5.19. The van der Waals surface area contributed by atoms with Gasteiger partial charge in [0, 0.05) is 90.0 Å². The van der Waals surface area contributed by atoms with Gasteiger partial charge in [0.2, 0.25) is 11.8 Å². The molecule has 26 nitrogen and oxygen atoms in total. The van der Waals surface area contributed by atoms with Crippen LogP contribution in [0.2, 0.25) is 0 Å². The van der Waals surface area contributed by atoms with E-state index in [1.54, 1.807) is 61.9 Å². The van der Waals surface area contributed by atoms with Crippen LogP contribution in [-0.2, 0) is 47.4 Å². The lowest BCUT2D eigenvalue weighted by molar-refractivity contribution is -0.858. The van der Waals surface area contributed by atoms with Crippen LogP contribution in [-0.4, -0.2) is 157 Å². The van der Waals surface area contributed by atoms with Crippen molar-refractivity contribution < 1.29 is 94.3 Å². The van der Waals surface area contributed by atoms with E-state index in [0.29, 0.717) is 47.2 Å². The molecule has 0 spiro atoms. The van der Waals surface area contributed by atoms with Gasteiger partial charge in [0.25, 0.3) is 35.4 Å². The number of quaternary nitrogens is 2. The molecular weight excluding hydrogens is 1100 g/mol. The molecule has 0 atom stereocenters. The molecule has 82 heavy (non-hydrogen) atoms. The first-order valence-electron chi connectivity index (χ1n) is 24.4. The molecule has 4 aromatic heterocycles. The number of aromatic nitrogens is 4. The highest BCUT2D eigenvalue weighted by atomic mass is 19.4. The lowest BCUT2D eigenvalue weighted by Gasteiger charge is -2.08. The van der Waals surface area contributed by atoms with E-state index in [1.807, 2.05) is 28.2 Å². The number of benzene rings is 1. The third-order valence-electron chi connectivity index (χ3n) is 11.0. The number of hydrogen-bond donors (Lipinski definition) is 10.